The molecule has 3 rings (SSSR count). The molecule has 22 heavy (non-hydrogen) atoms. The lowest BCUT2D eigenvalue weighted by Crippen LogP contribution is -2.47. The van der Waals surface area contributed by atoms with E-state index in [-0.39, 0.29) is 4.58 Å². The molecule has 0 amide bonds. The standard InChI is InChI=1S/C15H16O5S2/c1-7-5-11(17)20-9-3-2-4-10(12(7)9)22-15-14(19)13(18)8(16)6-21-15/h2-5,8,13-16,18-19H,6H2,1H3/t8-,13+,14-,15+/m1/s1. The van der Waals surface area contributed by atoms with Crippen LogP contribution in [0.2, 0.25) is 0 Å². The van der Waals surface area contributed by atoms with E-state index >= 15 is 0 Å². The first-order chi connectivity index (χ1) is 10.5. The molecule has 5 nitrogen and oxygen atoms in total. The molecule has 0 bridgehead atoms. The van der Waals surface area contributed by atoms with E-state index in [1.54, 1.807) is 12.1 Å². The van der Waals surface area contributed by atoms with Crippen LogP contribution >= 0.6 is 23.5 Å². The van der Waals surface area contributed by atoms with Crippen molar-refractivity contribution in [3.05, 3.63) is 40.2 Å². The van der Waals surface area contributed by atoms with Crippen molar-refractivity contribution in [2.45, 2.75) is 34.7 Å². The highest BCUT2D eigenvalue weighted by Gasteiger charge is 2.37. The van der Waals surface area contributed by atoms with Gasteiger partial charge in [-0.25, -0.2) is 4.79 Å². The zero-order valence-electron chi connectivity index (χ0n) is 11.8. The summed E-state index contributed by atoms with van der Waals surface area (Å²) in [5, 5.41) is 30.4. The van der Waals surface area contributed by atoms with Gasteiger partial charge >= 0.3 is 5.63 Å². The highest BCUT2D eigenvalue weighted by atomic mass is 32.2. The van der Waals surface area contributed by atoms with Gasteiger partial charge in [-0.3, -0.25) is 0 Å². The smallest absolute Gasteiger partial charge is 0.336 e. The quantitative estimate of drug-likeness (QED) is 0.711. The Morgan fingerprint density at radius 2 is 2.05 bits per heavy atom. The third-order valence-electron chi connectivity index (χ3n) is 3.62. The molecule has 3 N–H and O–H groups in total. The highest BCUT2D eigenvalue weighted by molar-refractivity contribution is 8.17. The van der Waals surface area contributed by atoms with E-state index in [1.807, 2.05) is 13.0 Å². The van der Waals surface area contributed by atoms with Crippen LogP contribution in [0.1, 0.15) is 5.56 Å². The molecular formula is C15H16O5S2. The first-order valence-corrected chi connectivity index (χ1v) is 8.76. The average Bonchev–Trinajstić information content (AvgIpc) is 2.47. The van der Waals surface area contributed by atoms with Crippen LogP contribution < -0.4 is 5.63 Å². The van der Waals surface area contributed by atoms with Crippen molar-refractivity contribution in [3.8, 4) is 0 Å². The van der Waals surface area contributed by atoms with E-state index < -0.39 is 23.9 Å². The summed E-state index contributed by atoms with van der Waals surface area (Å²) in [7, 11) is 0. The maximum absolute atomic E-state index is 11.5. The molecule has 0 saturated carbocycles. The number of benzene rings is 1. The Morgan fingerprint density at radius 3 is 2.82 bits per heavy atom. The third kappa shape index (κ3) is 2.91. The van der Waals surface area contributed by atoms with Gasteiger partial charge in [0.15, 0.2) is 0 Å². The second-order valence-electron chi connectivity index (χ2n) is 5.25. The molecule has 1 aromatic carbocycles. The number of aliphatic hydroxyl groups excluding tert-OH is 3. The van der Waals surface area contributed by atoms with Crippen LogP contribution in [-0.4, -0.2) is 44.0 Å². The van der Waals surface area contributed by atoms with E-state index in [0.717, 1.165) is 15.8 Å². The predicted octanol–water partition coefficient (Wildman–Crippen LogP) is 1.35. The lowest BCUT2D eigenvalue weighted by Gasteiger charge is -2.34. The minimum atomic E-state index is -1.15. The Balaban J connectivity index is 1.96. The normalized spacial score (nSPS) is 28.9. The number of rotatable bonds is 2. The summed E-state index contributed by atoms with van der Waals surface area (Å²) < 4.78 is 4.91. The molecular weight excluding hydrogens is 324 g/mol. The summed E-state index contributed by atoms with van der Waals surface area (Å²) in [6.07, 6.45) is -3.08. The van der Waals surface area contributed by atoms with Crippen LogP contribution in [0, 0.1) is 6.92 Å². The number of hydrogen-bond acceptors (Lipinski definition) is 7. The van der Waals surface area contributed by atoms with Gasteiger partial charge in [-0.05, 0) is 24.6 Å². The number of fused-ring (bicyclic) bond motifs is 1. The Morgan fingerprint density at radius 1 is 1.27 bits per heavy atom. The SMILES string of the molecule is Cc1cc(=O)oc2cccc(S[C@@H]3SC[C@@H](O)[C@H](O)[C@H]3O)c12. The molecule has 0 spiro atoms. The van der Waals surface area contributed by atoms with Crippen LogP contribution in [-0.2, 0) is 0 Å². The fraction of sp³-hybridized carbons (Fsp3) is 0.400. The Labute approximate surface area is 135 Å². The molecule has 2 heterocycles. The van der Waals surface area contributed by atoms with Gasteiger partial charge in [0.2, 0.25) is 0 Å². The number of hydrogen-bond donors (Lipinski definition) is 3. The summed E-state index contributed by atoms with van der Waals surface area (Å²) in [6, 6.07) is 6.86. The van der Waals surface area contributed by atoms with E-state index in [1.165, 1.54) is 29.6 Å². The van der Waals surface area contributed by atoms with Crippen molar-refractivity contribution in [1.29, 1.82) is 0 Å². The van der Waals surface area contributed by atoms with Gasteiger partial charge in [0, 0.05) is 22.1 Å². The second kappa shape index (κ2) is 6.25. The van der Waals surface area contributed by atoms with Gasteiger partial charge in [0.05, 0.1) is 10.7 Å². The Kier molecular flexibility index (Phi) is 4.52. The molecule has 1 aliphatic rings. The van der Waals surface area contributed by atoms with Crippen LogP contribution in [0.25, 0.3) is 11.0 Å². The molecule has 0 radical (unpaired) electrons. The largest absolute Gasteiger partial charge is 0.423 e. The number of thioether (sulfide) groups is 2. The summed E-state index contributed by atoms with van der Waals surface area (Å²) >= 11 is 2.81. The summed E-state index contributed by atoms with van der Waals surface area (Å²) in [4.78, 5) is 12.3. The number of aryl methyl sites for hydroxylation is 1. The second-order valence-corrected chi connectivity index (χ2v) is 7.90. The van der Waals surface area contributed by atoms with Crippen LogP contribution in [0.5, 0.6) is 0 Å². The van der Waals surface area contributed by atoms with Crippen molar-refractivity contribution < 1.29 is 19.7 Å². The van der Waals surface area contributed by atoms with Gasteiger partial charge < -0.3 is 19.7 Å². The minimum Gasteiger partial charge on any atom is -0.423 e. The van der Waals surface area contributed by atoms with Gasteiger partial charge in [-0.15, -0.1) is 23.5 Å². The zero-order valence-corrected chi connectivity index (χ0v) is 13.4. The van der Waals surface area contributed by atoms with Gasteiger partial charge in [0.1, 0.15) is 17.8 Å². The summed E-state index contributed by atoms with van der Waals surface area (Å²) in [6.45, 7) is 1.84. The van der Waals surface area contributed by atoms with Crippen LogP contribution in [0.3, 0.4) is 0 Å². The average molecular weight is 340 g/mol. The predicted molar refractivity (Wildman–Crippen MR) is 87.3 cm³/mol. The third-order valence-corrected chi connectivity index (χ3v) is 6.57. The van der Waals surface area contributed by atoms with Crippen molar-refractivity contribution in [2.75, 3.05) is 5.75 Å². The van der Waals surface area contributed by atoms with Crippen molar-refractivity contribution in [1.82, 2.24) is 0 Å². The van der Waals surface area contributed by atoms with Crippen LogP contribution in [0.4, 0.5) is 0 Å². The summed E-state index contributed by atoms with van der Waals surface area (Å²) in [5.74, 6) is 0.370. The van der Waals surface area contributed by atoms with E-state index in [9.17, 15) is 20.1 Å². The number of aliphatic hydroxyl groups is 3. The molecule has 0 unspecified atom stereocenters. The van der Waals surface area contributed by atoms with E-state index in [4.69, 9.17) is 4.42 Å². The minimum absolute atomic E-state index is 0.296. The maximum atomic E-state index is 11.5. The zero-order chi connectivity index (χ0) is 15.9. The highest BCUT2D eigenvalue weighted by Crippen LogP contribution is 2.41. The molecule has 1 aliphatic heterocycles. The Hall–Kier alpha value is -0.990. The van der Waals surface area contributed by atoms with Crippen molar-refractivity contribution >= 4 is 34.5 Å². The van der Waals surface area contributed by atoms with Gasteiger partial charge in [0.25, 0.3) is 0 Å². The summed E-state index contributed by atoms with van der Waals surface area (Å²) in [5.41, 5.74) is 0.925. The van der Waals surface area contributed by atoms with Crippen molar-refractivity contribution in [3.63, 3.8) is 0 Å². The molecule has 118 valence electrons. The molecule has 7 heteroatoms. The topological polar surface area (TPSA) is 90.9 Å². The lowest BCUT2D eigenvalue weighted by molar-refractivity contribution is -0.0474. The molecule has 4 atom stereocenters. The first-order valence-electron chi connectivity index (χ1n) is 6.83. The Bertz CT molecular complexity index is 744. The van der Waals surface area contributed by atoms with Crippen molar-refractivity contribution in [2.24, 2.45) is 0 Å². The van der Waals surface area contributed by atoms with Crippen LogP contribution in [0.15, 0.2) is 38.4 Å². The monoisotopic (exact) mass is 340 g/mol. The van der Waals surface area contributed by atoms with Gasteiger partial charge in [-0.2, -0.15) is 0 Å². The maximum Gasteiger partial charge on any atom is 0.336 e. The van der Waals surface area contributed by atoms with E-state index in [0.29, 0.717) is 11.3 Å². The fourth-order valence-electron chi connectivity index (χ4n) is 2.48. The van der Waals surface area contributed by atoms with E-state index in [2.05, 4.69) is 0 Å². The fourth-order valence-corrected chi connectivity index (χ4v) is 5.33. The first kappa shape index (κ1) is 15.9. The molecule has 1 aromatic heterocycles. The molecule has 1 fully saturated rings. The molecule has 2 aromatic rings. The lowest BCUT2D eigenvalue weighted by atomic mass is 10.1. The molecule has 1 saturated heterocycles. The van der Waals surface area contributed by atoms with Gasteiger partial charge in [-0.1, -0.05) is 6.07 Å². The molecule has 0 aliphatic carbocycles.